The Bertz CT molecular complexity index is 2050. The SMILES string of the molecule is CCCCc1ccc2c3c4[n+](ccc13)C(CC)(CC)CC(C[n+]1ccccc1-c1cc(C(F)(F)F)nn1C)c1ccc(F)c(c1-4)C2(C)C. The van der Waals surface area contributed by atoms with Gasteiger partial charge in [-0.3, -0.25) is 4.68 Å². The number of unbranched alkanes of at least 4 members (excludes halogenated alkanes) is 1. The van der Waals surface area contributed by atoms with Gasteiger partial charge in [0.2, 0.25) is 11.4 Å². The summed E-state index contributed by atoms with van der Waals surface area (Å²) in [7, 11) is 1.55. The predicted octanol–water partition coefficient (Wildman–Crippen LogP) is 9.32. The molecular weight excluding hydrogens is 612 g/mol. The van der Waals surface area contributed by atoms with E-state index in [2.05, 4.69) is 73.2 Å². The number of alkyl halides is 3. The fourth-order valence-corrected chi connectivity index (χ4v) is 8.79. The van der Waals surface area contributed by atoms with Crippen LogP contribution >= 0.6 is 0 Å². The summed E-state index contributed by atoms with van der Waals surface area (Å²) in [4.78, 5) is 0. The average molecular weight is 657 g/mol. The molecule has 1 atom stereocenters. The fraction of sp³-hybridized carbons (Fsp3) is 0.425. The predicted molar refractivity (Wildman–Crippen MR) is 180 cm³/mol. The van der Waals surface area contributed by atoms with Crippen LogP contribution in [0.1, 0.15) is 101 Å². The smallest absolute Gasteiger partial charge is 0.261 e. The zero-order valence-corrected chi connectivity index (χ0v) is 28.7. The van der Waals surface area contributed by atoms with E-state index in [1.54, 1.807) is 13.1 Å². The number of rotatable bonds is 8. The molecule has 0 radical (unpaired) electrons. The Balaban J connectivity index is 1.49. The van der Waals surface area contributed by atoms with Crippen LogP contribution in [0.25, 0.3) is 33.4 Å². The summed E-state index contributed by atoms with van der Waals surface area (Å²) in [5.74, 6) is -0.249. The first kappa shape index (κ1) is 32.5. The Morgan fingerprint density at radius 3 is 2.44 bits per heavy atom. The highest BCUT2D eigenvalue weighted by molar-refractivity contribution is 6.02. The van der Waals surface area contributed by atoms with Crippen molar-refractivity contribution in [3.8, 4) is 22.6 Å². The molecule has 48 heavy (non-hydrogen) atoms. The summed E-state index contributed by atoms with van der Waals surface area (Å²) in [5.41, 5.74) is 5.69. The van der Waals surface area contributed by atoms with Gasteiger partial charge in [0.05, 0.1) is 16.9 Å². The van der Waals surface area contributed by atoms with Gasteiger partial charge in [-0.1, -0.05) is 59.2 Å². The highest BCUT2D eigenvalue weighted by Gasteiger charge is 2.51. The van der Waals surface area contributed by atoms with Gasteiger partial charge in [0, 0.05) is 61.6 Å². The number of aryl methyl sites for hydroxylation is 2. The van der Waals surface area contributed by atoms with Crippen molar-refractivity contribution < 1.29 is 26.7 Å². The van der Waals surface area contributed by atoms with Crippen LogP contribution in [-0.4, -0.2) is 9.78 Å². The van der Waals surface area contributed by atoms with Gasteiger partial charge < -0.3 is 0 Å². The zero-order valence-electron chi connectivity index (χ0n) is 28.7. The Morgan fingerprint density at radius 1 is 0.979 bits per heavy atom. The van der Waals surface area contributed by atoms with Gasteiger partial charge in [-0.05, 0) is 47.1 Å². The maximum atomic E-state index is 16.4. The lowest BCUT2D eigenvalue weighted by Crippen LogP contribution is -2.57. The Labute approximate surface area is 280 Å². The normalized spacial score (nSPS) is 17.5. The van der Waals surface area contributed by atoms with Gasteiger partial charge >= 0.3 is 6.18 Å². The van der Waals surface area contributed by atoms with E-state index in [-0.39, 0.29) is 17.3 Å². The van der Waals surface area contributed by atoms with Gasteiger partial charge in [0.1, 0.15) is 11.5 Å². The van der Waals surface area contributed by atoms with Gasteiger partial charge in [0.15, 0.2) is 30.2 Å². The Hall–Kier alpha value is -4.07. The summed E-state index contributed by atoms with van der Waals surface area (Å²) in [6, 6.07) is 17.1. The first-order chi connectivity index (χ1) is 22.9. The third-order valence-corrected chi connectivity index (χ3v) is 11.4. The van der Waals surface area contributed by atoms with Crippen molar-refractivity contribution in [1.82, 2.24) is 9.78 Å². The van der Waals surface area contributed by atoms with Crippen LogP contribution in [0.4, 0.5) is 17.6 Å². The number of benzene rings is 2. The van der Waals surface area contributed by atoms with Gasteiger partial charge in [-0.15, -0.1) is 0 Å². The Kier molecular flexibility index (Phi) is 7.80. The molecule has 0 N–H and O–H groups in total. The lowest BCUT2D eigenvalue weighted by molar-refractivity contribution is -0.758. The van der Waals surface area contributed by atoms with Crippen molar-refractivity contribution in [2.45, 2.75) is 103 Å². The van der Waals surface area contributed by atoms with Crippen LogP contribution < -0.4 is 9.13 Å². The van der Waals surface area contributed by atoms with Crippen LogP contribution in [0, 0.1) is 5.82 Å². The molecule has 2 aromatic carbocycles. The number of hydrogen-bond donors (Lipinski definition) is 0. The van der Waals surface area contributed by atoms with E-state index < -0.39 is 17.3 Å². The molecule has 250 valence electrons. The van der Waals surface area contributed by atoms with E-state index in [9.17, 15) is 13.2 Å². The lowest BCUT2D eigenvalue weighted by Gasteiger charge is -2.36. The van der Waals surface area contributed by atoms with E-state index in [0.717, 1.165) is 72.5 Å². The van der Waals surface area contributed by atoms with Crippen molar-refractivity contribution >= 4 is 10.8 Å². The van der Waals surface area contributed by atoms with E-state index in [1.165, 1.54) is 21.0 Å². The Morgan fingerprint density at radius 2 is 1.75 bits per heavy atom. The minimum Gasteiger partial charge on any atom is -0.261 e. The third kappa shape index (κ3) is 4.80. The molecule has 1 unspecified atom stereocenters. The second kappa shape index (κ2) is 11.5. The summed E-state index contributed by atoms with van der Waals surface area (Å²) in [5, 5.41) is 6.28. The molecule has 0 saturated heterocycles. The molecule has 7 rings (SSSR count). The summed E-state index contributed by atoms with van der Waals surface area (Å²) in [6.07, 6.45) is 5.41. The molecule has 4 heterocycles. The van der Waals surface area contributed by atoms with Crippen molar-refractivity contribution in [1.29, 1.82) is 0 Å². The van der Waals surface area contributed by atoms with Gasteiger partial charge in [-0.2, -0.15) is 27.4 Å². The molecule has 4 nitrogen and oxygen atoms in total. The van der Waals surface area contributed by atoms with Gasteiger partial charge in [-0.25, -0.2) is 4.39 Å². The number of pyridine rings is 2. The maximum Gasteiger partial charge on any atom is 0.435 e. The van der Waals surface area contributed by atoms with Crippen molar-refractivity contribution in [2.24, 2.45) is 7.05 Å². The topological polar surface area (TPSA) is 25.6 Å². The van der Waals surface area contributed by atoms with Crippen LogP contribution in [-0.2, 0) is 37.1 Å². The second-order valence-corrected chi connectivity index (χ2v) is 14.3. The first-order valence-electron chi connectivity index (χ1n) is 17.3. The van der Waals surface area contributed by atoms with Crippen LogP contribution in [0.15, 0.2) is 67.0 Å². The number of nitrogens with zero attached hydrogens (tertiary/aromatic N) is 4. The summed E-state index contributed by atoms with van der Waals surface area (Å²) in [6.45, 7) is 11.5. The molecule has 3 aromatic heterocycles. The molecular formula is C40H44F4N4+2. The van der Waals surface area contributed by atoms with E-state index in [0.29, 0.717) is 17.9 Å². The molecule has 0 saturated carbocycles. The highest BCUT2D eigenvalue weighted by atomic mass is 19.4. The molecule has 2 aliphatic rings. The van der Waals surface area contributed by atoms with Crippen LogP contribution in [0.3, 0.4) is 0 Å². The minimum absolute atomic E-state index is 0.0451. The summed E-state index contributed by atoms with van der Waals surface area (Å²) >= 11 is 0. The van der Waals surface area contributed by atoms with E-state index in [1.807, 2.05) is 30.5 Å². The largest absolute Gasteiger partial charge is 0.435 e. The standard InChI is InChI=1S/C40H44F4N4/c1-7-10-13-25-15-17-29-34-28(25)19-21-48-37(34)35-27(16-18-30(41)36(35)38(29,4)5)26(23-39(48,8-2)9-3)24-47-20-12-11-14-31(47)32-22-33(40(42,43)44)45-46(32)6/h11-12,14-22,26H,7-10,13,23-24H2,1-6H3/q+2. The van der Waals surface area contributed by atoms with E-state index >= 15 is 4.39 Å². The third-order valence-electron chi connectivity index (χ3n) is 11.4. The molecule has 1 aliphatic carbocycles. The second-order valence-electron chi connectivity index (χ2n) is 14.3. The average Bonchev–Trinajstić information content (AvgIpc) is 3.41. The quantitative estimate of drug-likeness (QED) is 0.121. The van der Waals surface area contributed by atoms with Crippen molar-refractivity contribution in [3.63, 3.8) is 0 Å². The van der Waals surface area contributed by atoms with Gasteiger partial charge in [0.25, 0.3) is 0 Å². The fourth-order valence-electron chi connectivity index (χ4n) is 8.79. The monoisotopic (exact) mass is 656 g/mol. The maximum absolute atomic E-state index is 16.4. The molecule has 0 bridgehead atoms. The van der Waals surface area contributed by atoms with Crippen molar-refractivity contribution in [2.75, 3.05) is 0 Å². The first-order valence-corrected chi connectivity index (χ1v) is 17.3. The lowest BCUT2D eigenvalue weighted by atomic mass is 9.67. The highest BCUT2D eigenvalue weighted by Crippen LogP contribution is 2.54. The number of halogens is 4. The summed E-state index contributed by atoms with van der Waals surface area (Å²) < 4.78 is 63.3. The van der Waals surface area contributed by atoms with Crippen molar-refractivity contribution in [3.05, 3.63) is 101 Å². The van der Waals surface area contributed by atoms with Crippen LogP contribution in [0.2, 0.25) is 0 Å². The zero-order chi connectivity index (χ0) is 34.2. The molecule has 5 aromatic rings. The molecule has 1 aliphatic heterocycles. The molecule has 0 amide bonds. The molecule has 8 heteroatoms. The number of hydrogen-bond acceptors (Lipinski definition) is 1. The van der Waals surface area contributed by atoms with E-state index in [4.69, 9.17) is 0 Å². The van der Waals surface area contributed by atoms with Crippen LogP contribution in [0.5, 0.6) is 0 Å². The molecule has 0 spiro atoms. The molecule has 0 fully saturated rings. The number of aromatic nitrogens is 4. The minimum atomic E-state index is -4.54.